The predicted octanol–water partition coefficient (Wildman–Crippen LogP) is 5.70. The standard InChI is InChI=1S/C24H18BrNO4/c1-15-11-23(27)30-22-13-20(9-10-21(15)22)29-14-16-5-7-17(8-6-16)24(28)26-19-4-2-3-18(25)12-19/h2-13H,14H2,1H3,(H,26,28). The van der Waals surface area contributed by atoms with Crippen molar-refractivity contribution in [1.29, 1.82) is 0 Å². The van der Waals surface area contributed by atoms with Crippen LogP contribution in [0.25, 0.3) is 11.0 Å². The number of hydrogen-bond donors (Lipinski definition) is 1. The van der Waals surface area contributed by atoms with Crippen molar-refractivity contribution in [1.82, 2.24) is 0 Å². The van der Waals surface area contributed by atoms with Crippen LogP contribution in [0.2, 0.25) is 0 Å². The molecule has 30 heavy (non-hydrogen) atoms. The Labute approximate surface area is 181 Å². The number of halogens is 1. The highest BCUT2D eigenvalue weighted by Crippen LogP contribution is 2.23. The van der Waals surface area contributed by atoms with Crippen molar-refractivity contribution in [2.24, 2.45) is 0 Å². The molecular weight excluding hydrogens is 446 g/mol. The minimum Gasteiger partial charge on any atom is -0.489 e. The van der Waals surface area contributed by atoms with Gasteiger partial charge < -0.3 is 14.5 Å². The van der Waals surface area contributed by atoms with Gasteiger partial charge in [0, 0.05) is 33.2 Å². The van der Waals surface area contributed by atoms with Crippen LogP contribution in [0.15, 0.2) is 86.5 Å². The van der Waals surface area contributed by atoms with Gasteiger partial charge >= 0.3 is 5.63 Å². The average Bonchev–Trinajstić information content (AvgIpc) is 2.72. The van der Waals surface area contributed by atoms with E-state index in [1.165, 1.54) is 6.07 Å². The van der Waals surface area contributed by atoms with Gasteiger partial charge in [0.05, 0.1) is 0 Å². The first-order valence-corrected chi connectivity index (χ1v) is 10.1. The fraction of sp³-hybridized carbons (Fsp3) is 0.0833. The first-order chi connectivity index (χ1) is 14.5. The molecular formula is C24H18BrNO4. The van der Waals surface area contributed by atoms with Crippen molar-refractivity contribution in [3.8, 4) is 5.75 Å². The SMILES string of the molecule is Cc1cc(=O)oc2cc(OCc3ccc(C(=O)Nc4cccc(Br)c4)cc3)ccc12. The topological polar surface area (TPSA) is 68.5 Å². The molecule has 0 aliphatic heterocycles. The highest BCUT2D eigenvalue weighted by Gasteiger charge is 2.08. The summed E-state index contributed by atoms with van der Waals surface area (Å²) < 4.78 is 12.0. The second-order valence-electron chi connectivity index (χ2n) is 6.86. The molecule has 3 aromatic carbocycles. The molecule has 4 aromatic rings. The smallest absolute Gasteiger partial charge is 0.336 e. The zero-order valence-corrected chi connectivity index (χ0v) is 17.7. The van der Waals surface area contributed by atoms with Gasteiger partial charge in [-0.25, -0.2) is 4.79 Å². The van der Waals surface area contributed by atoms with E-state index in [2.05, 4.69) is 21.2 Å². The number of amides is 1. The molecule has 0 unspecified atom stereocenters. The average molecular weight is 464 g/mol. The van der Waals surface area contributed by atoms with Gasteiger partial charge in [0.1, 0.15) is 17.9 Å². The highest BCUT2D eigenvalue weighted by molar-refractivity contribution is 9.10. The Morgan fingerprint density at radius 2 is 1.83 bits per heavy atom. The lowest BCUT2D eigenvalue weighted by Gasteiger charge is -2.09. The molecule has 0 aliphatic rings. The number of carbonyl (C=O) groups is 1. The highest BCUT2D eigenvalue weighted by atomic mass is 79.9. The molecule has 1 heterocycles. The molecule has 5 nitrogen and oxygen atoms in total. The second-order valence-corrected chi connectivity index (χ2v) is 7.77. The van der Waals surface area contributed by atoms with Crippen LogP contribution in [0.1, 0.15) is 21.5 Å². The van der Waals surface area contributed by atoms with Crippen molar-refractivity contribution >= 4 is 38.5 Å². The third-order valence-electron chi connectivity index (χ3n) is 4.63. The number of aryl methyl sites for hydroxylation is 1. The number of hydrogen-bond acceptors (Lipinski definition) is 4. The summed E-state index contributed by atoms with van der Waals surface area (Å²) in [6.07, 6.45) is 0. The third-order valence-corrected chi connectivity index (χ3v) is 5.12. The minimum absolute atomic E-state index is 0.180. The lowest BCUT2D eigenvalue weighted by molar-refractivity contribution is 0.102. The molecule has 1 amide bonds. The summed E-state index contributed by atoms with van der Waals surface area (Å²) in [4.78, 5) is 24.0. The number of carbonyl (C=O) groups excluding carboxylic acids is 1. The molecule has 1 N–H and O–H groups in total. The van der Waals surface area contributed by atoms with Gasteiger partial charge in [0.2, 0.25) is 0 Å². The van der Waals surface area contributed by atoms with Crippen molar-refractivity contribution in [2.45, 2.75) is 13.5 Å². The minimum atomic E-state index is -0.381. The van der Waals surface area contributed by atoms with Crippen molar-refractivity contribution in [3.63, 3.8) is 0 Å². The van der Waals surface area contributed by atoms with Crippen molar-refractivity contribution in [3.05, 3.63) is 104 Å². The first kappa shape index (κ1) is 19.9. The number of nitrogens with one attached hydrogen (secondary N) is 1. The number of anilines is 1. The molecule has 0 spiro atoms. The molecule has 0 saturated heterocycles. The normalized spacial score (nSPS) is 10.7. The molecule has 150 valence electrons. The molecule has 0 aliphatic carbocycles. The first-order valence-electron chi connectivity index (χ1n) is 9.31. The summed E-state index contributed by atoms with van der Waals surface area (Å²) in [5.74, 6) is 0.424. The zero-order chi connectivity index (χ0) is 21.1. The van der Waals surface area contributed by atoms with E-state index in [1.807, 2.05) is 55.5 Å². The predicted molar refractivity (Wildman–Crippen MR) is 120 cm³/mol. The summed E-state index contributed by atoms with van der Waals surface area (Å²) >= 11 is 3.39. The molecule has 6 heteroatoms. The third kappa shape index (κ3) is 4.60. The summed E-state index contributed by atoms with van der Waals surface area (Å²) in [7, 11) is 0. The summed E-state index contributed by atoms with van der Waals surface area (Å²) in [6, 6.07) is 21.5. The van der Waals surface area contributed by atoms with Gasteiger partial charge in [-0.3, -0.25) is 4.79 Å². The summed E-state index contributed by atoms with van der Waals surface area (Å²) in [5, 5.41) is 3.74. The molecule has 0 radical (unpaired) electrons. The molecule has 0 bridgehead atoms. The van der Waals surface area contributed by atoms with E-state index in [4.69, 9.17) is 9.15 Å². The van der Waals surface area contributed by atoms with Crippen molar-refractivity contribution < 1.29 is 13.9 Å². The van der Waals surface area contributed by atoms with E-state index >= 15 is 0 Å². The van der Waals surface area contributed by atoms with E-state index in [0.717, 1.165) is 26.7 Å². The van der Waals surface area contributed by atoms with E-state index in [0.29, 0.717) is 23.5 Å². The molecule has 0 saturated carbocycles. The lowest BCUT2D eigenvalue weighted by atomic mass is 10.1. The number of ether oxygens (including phenoxy) is 1. The van der Waals surface area contributed by atoms with Crippen LogP contribution in [-0.2, 0) is 6.61 Å². The fourth-order valence-electron chi connectivity index (χ4n) is 3.08. The van der Waals surface area contributed by atoms with Gasteiger partial charge in [0.15, 0.2) is 0 Å². The maximum absolute atomic E-state index is 12.4. The zero-order valence-electron chi connectivity index (χ0n) is 16.1. The molecule has 1 aromatic heterocycles. The Balaban J connectivity index is 1.42. The van der Waals surface area contributed by atoms with E-state index in [1.54, 1.807) is 18.2 Å². The number of fused-ring (bicyclic) bond motifs is 1. The maximum atomic E-state index is 12.4. The van der Waals surface area contributed by atoms with Gasteiger partial charge in [0.25, 0.3) is 5.91 Å². The monoisotopic (exact) mass is 463 g/mol. The maximum Gasteiger partial charge on any atom is 0.336 e. The van der Waals surface area contributed by atoms with Crippen LogP contribution in [0, 0.1) is 6.92 Å². The van der Waals surface area contributed by atoms with Crippen LogP contribution < -0.4 is 15.7 Å². The van der Waals surface area contributed by atoms with Gasteiger partial charge in [-0.15, -0.1) is 0 Å². The quantitative estimate of drug-likeness (QED) is 0.385. The Morgan fingerprint density at radius 3 is 2.60 bits per heavy atom. The summed E-state index contributed by atoms with van der Waals surface area (Å²) in [5.41, 5.74) is 3.18. The van der Waals surface area contributed by atoms with Crippen LogP contribution in [0.5, 0.6) is 5.75 Å². The van der Waals surface area contributed by atoms with E-state index in [-0.39, 0.29) is 11.5 Å². The van der Waals surface area contributed by atoms with E-state index in [9.17, 15) is 9.59 Å². The number of benzene rings is 3. The largest absolute Gasteiger partial charge is 0.489 e. The Kier molecular flexibility index (Phi) is 5.68. The Bertz CT molecular complexity index is 1280. The molecule has 4 rings (SSSR count). The second kappa shape index (κ2) is 8.55. The number of rotatable bonds is 5. The lowest BCUT2D eigenvalue weighted by Crippen LogP contribution is -2.11. The van der Waals surface area contributed by atoms with Gasteiger partial charge in [-0.05, 0) is 60.5 Å². The van der Waals surface area contributed by atoms with Crippen LogP contribution in [-0.4, -0.2) is 5.91 Å². The van der Waals surface area contributed by atoms with Crippen molar-refractivity contribution in [2.75, 3.05) is 5.32 Å². The molecule has 0 atom stereocenters. The van der Waals surface area contributed by atoms with E-state index < -0.39 is 0 Å². The fourth-order valence-corrected chi connectivity index (χ4v) is 3.48. The van der Waals surface area contributed by atoms with Gasteiger partial charge in [-0.1, -0.05) is 34.1 Å². The Hall–Kier alpha value is -3.38. The van der Waals surface area contributed by atoms with Crippen LogP contribution in [0.3, 0.4) is 0 Å². The van der Waals surface area contributed by atoms with Crippen LogP contribution >= 0.6 is 15.9 Å². The summed E-state index contributed by atoms with van der Waals surface area (Å²) in [6.45, 7) is 2.20. The van der Waals surface area contributed by atoms with Crippen LogP contribution in [0.4, 0.5) is 5.69 Å². The van der Waals surface area contributed by atoms with Gasteiger partial charge in [-0.2, -0.15) is 0 Å². The molecule has 0 fully saturated rings. The Morgan fingerprint density at radius 1 is 1.03 bits per heavy atom.